The molecule has 3 nitrogen and oxygen atoms in total. The Hall–Kier alpha value is -2.17. The van der Waals surface area contributed by atoms with Crippen LogP contribution in [-0.2, 0) is 14.0 Å². The number of carbonyl (C=O) groups excluding carboxylic acids is 1. The molecule has 0 amide bonds. The highest BCUT2D eigenvalue weighted by molar-refractivity contribution is 6.99. The lowest BCUT2D eigenvalue weighted by Gasteiger charge is -2.45. The number of cyclic esters (lactones) is 1. The van der Waals surface area contributed by atoms with Crippen molar-refractivity contribution in [1.29, 1.82) is 0 Å². The second-order valence-corrected chi connectivity index (χ2v) is 15.4. The summed E-state index contributed by atoms with van der Waals surface area (Å²) in [6.07, 6.45) is 5.12. The van der Waals surface area contributed by atoms with E-state index in [1.54, 1.807) is 0 Å². The molecule has 2 aromatic carbocycles. The number of allylic oxidation sites excluding steroid dienone is 1. The van der Waals surface area contributed by atoms with Gasteiger partial charge in [-0.25, -0.2) is 0 Å². The highest BCUT2D eigenvalue weighted by Crippen LogP contribution is 2.47. The van der Waals surface area contributed by atoms with E-state index in [2.05, 4.69) is 101 Å². The summed E-state index contributed by atoms with van der Waals surface area (Å²) in [4.78, 5) is 12.6. The van der Waals surface area contributed by atoms with Crippen LogP contribution in [0.2, 0.25) is 5.04 Å². The van der Waals surface area contributed by atoms with Crippen molar-refractivity contribution >= 4 is 24.7 Å². The topological polar surface area (TPSA) is 35.5 Å². The molecule has 1 aliphatic heterocycles. The molecule has 1 saturated heterocycles. The Kier molecular flexibility index (Phi) is 6.70. The van der Waals surface area contributed by atoms with Crippen LogP contribution in [0.4, 0.5) is 0 Å². The minimum Gasteiger partial charge on any atom is -0.465 e. The van der Waals surface area contributed by atoms with Gasteiger partial charge in [0.25, 0.3) is 8.32 Å². The molecule has 1 fully saturated rings. The van der Waals surface area contributed by atoms with Crippen molar-refractivity contribution in [3.05, 3.63) is 72.3 Å². The van der Waals surface area contributed by atoms with Gasteiger partial charge in [0.1, 0.15) is 0 Å². The summed E-state index contributed by atoms with van der Waals surface area (Å²) in [5.74, 6) is 0.226. The first-order chi connectivity index (χ1) is 15.7. The van der Waals surface area contributed by atoms with Crippen LogP contribution in [0.1, 0.15) is 53.9 Å². The van der Waals surface area contributed by atoms with E-state index in [4.69, 9.17) is 9.16 Å². The average molecular weight is 463 g/mol. The van der Waals surface area contributed by atoms with E-state index >= 15 is 0 Å². The van der Waals surface area contributed by atoms with Gasteiger partial charge in [0.05, 0.1) is 19.1 Å². The third-order valence-corrected chi connectivity index (χ3v) is 12.8. The van der Waals surface area contributed by atoms with Crippen molar-refractivity contribution in [3.63, 3.8) is 0 Å². The monoisotopic (exact) mass is 462 g/mol. The quantitative estimate of drug-likeness (QED) is 0.335. The van der Waals surface area contributed by atoms with Crippen LogP contribution in [0.5, 0.6) is 0 Å². The fourth-order valence-corrected chi connectivity index (χ4v) is 10.5. The second kappa shape index (κ2) is 9.23. The normalized spacial score (nSPS) is 26.1. The van der Waals surface area contributed by atoms with E-state index < -0.39 is 8.32 Å². The minimum absolute atomic E-state index is 0.0231. The van der Waals surface area contributed by atoms with Crippen LogP contribution in [0.25, 0.3) is 0 Å². The molecule has 3 atom stereocenters. The van der Waals surface area contributed by atoms with Crippen molar-refractivity contribution in [2.75, 3.05) is 13.2 Å². The van der Waals surface area contributed by atoms with Gasteiger partial charge >= 0.3 is 5.97 Å². The van der Waals surface area contributed by atoms with Crippen LogP contribution in [0, 0.1) is 17.3 Å². The van der Waals surface area contributed by atoms with Gasteiger partial charge in [-0.3, -0.25) is 4.79 Å². The molecule has 4 heteroatoms. The lowest BCUT2D eigenvalue weighted by Crippen LogP contribution is -2.66. The number of carbonyl (C=O) groups is 1. The molecule has 0 unspecified atom stereocenters. The van der Waals surface area contributed by atoms with E-state index in [1.165, 1.54) is 15.9 Å². The molecule has 1 heterocycles. The lowest BCUT2D eigenvalue weighted by molar-refractivity contribution is -0.150. The van der Waals surface area contributed by atoms with Crippen molar-refractivity contribution in [3.8, 4) is 0 Å². The Morgan fingerprint density at radius 1 is 1.03 bits per heavy atom. The number of hydrogen-bond acceptors (Lipinski definition) is 3. The van der Waals surface area contributed by atoms with Crippen LogP contribution in [0.15, 0.2) is 72.3 Å². The summed E-state index contributed by atoms with van der Waals surface area (Å²) in [5.41, 5.74) is 1.18. The van der Waals surface area contributed by atoms with Gasteiger partial charge in [-0.15, -0.1) is 0 Å². The van der Waals surface area contributed by atoms with Crippen molar-refractivity contribution in [1.82, 2.24) is 0 Å². The zero-order valence-corrected chi connectivity index (χ0v) is 21.8. The third-order valence-electron chi connectivity index (χ3n) is 7.79. The van der Waals surface area contributed by atoms with Gasteiger partial charge in [-0.2, -0.15) is 0 Å². The summed E-state index contributed by atoms with van der Waals surface area (Å²) in [6.45, 7) is 12.6. The predicted octanol–water partition coefficient (Wildman–Crippen LogP) is 5.49. The fraction of sp³-hybridized carbons (Fsp3) is 0.483. The predicted molar refractivity (Wildman–Crippen MR) is 137 cm³/mol. The molecule has 0 aromatic heterocycles. The standard InChI is InChI=1S/C29H38O3Si/c1-22-19-26-27(30)31-18-12-17-29(26,5)20-23(22)21-32-33(28(2,3)4,24-13-8-6-9-14-24)25-15-10-7-11-16-25/h6-11,13-16,20,22,26H,12,17-19,21H2,1-5H3/t22-,26-,29+/m1/s1. The van der Waals surface area contributed by atoms with Crippen LogP contribution >= 0.6 is 0 Å². The Morgan fingerprint density at radius 3 is 2.15 bits per heavy atom. The Balaban J connectivity index is 1.74. The van der Waals surface area contributed by atoms with Gasteiger partial charge in [-0.05, 0) is 51.6 Å². The van der Waals surface area contributed by atoms with E-state index in [0.717, 1.165) is 19.3 Å². The number of hydrogen-bond donors (Lipinski definition) is 0. The molecule has 0 radical (unpaired) electrons. The molecule has 0 N–H and O–H groups in total. The first-order valence-corrected chi connectivity index (χ1v) is 14.2. The maximum atomic E-state index is 12.6. The Morgan fingerprint density at radius 2 is 1.61 bits per heavy atom. The maximum Gasteiger partial charge on any atom is 0.309 e. The summed E-state index contributed by atoms with van der Waals surface area (Å²) in [7, 11) is -2.59. The molecule has 0 saturated carbocycles. The van der Waals surface area contributed by atoms with Crippen molar-refractivity contribution in [2.45, 2.75) is 58.9 Å². The highest BCUT2D eigenvalue weighted by Gasteiger charge is 2.51. The number of rotatable bonds is 5. The van der Waals surface area contributed by atoms with Crippen molar-refractivity contribution in [2.24, 2.45) is 17.3 Å². The van der Waals surface area contributed by atoms with Crippen LogP contribution < -0.4 is 10.4 Å². The number of esters is 1. The summed E-state index contributed by atoms with van der Waals surface area (Å²) in [5, 5.41) is 2.55. The van der Waals surface area contributed by atoms with E-state index in [-0.39, 0.29) is 22.3 Å². The molecule has 0 spiro atoms. The largest absolute Gasteiger partial charge is 0.465 e. The van der Waals surface area contributed by atoms with E-state index in [0.29, 0.717) is 19.1 Å². The zero-order chi connectivity index (χ0) is 23.7. The molecule has 0 bridgehead atoms. The highest BCUT2D eigenvalue weighted by atomic mass is 28.4. The van der Waals surface area contributed by atoms with Gasteiger partial charge in [0, 0.05) is 0 Å². The number of ether oxygens (including phenoxy) is 1. The van der Waals surface area contributed by atoms with Gasteiger partial charge in [0.15, 0.2) is 0 Å². The summed E-state index contributed by atoms with van der Waals surface area (Å²) < 4.78 is 12.7. The van der Waals surface area contributed by atoms with Crippen LogP contribution in [0.3, 0.4) is 0 Å². The smallest absolute Gasteiger partial charge is 0.309 e. The van der Waals surface area contributed by atoms with Crippen LogP contribution in [-0.4, -0.2) is 27.5 Å². The van der Waals surface area contributed by atoms with E-state index in [9.17, 15) is 4.79 Å². The average Bonchev–Trinajstić information content (AvgIpc) is 2.93. The molecule has 176 valence electrons. The SMILES string of the molecule is C[C@@H]1C[C@@H]2C(=O)OCCC[C@@]2(C)C=C1CO[Si](c1ccccc1)(c1ccccc1)C(C)(C)C. The zero-order valence-electron chi connectivity index (χ0n) is 20.8. The maximum absolute atomic E-state index is 12.6. The first kappa shape index (κ1) is 24.0. The van der Waals surface area contributed by atoms with Crippen molar-refractivity contribution < 1.29 is 14.0 Å². The van der Waals surface area contributed by atoms with E-state index in [1.807, 2.05) is 0 Å². The Bertz CT molecular complexity index is 953. The molecular weight excluding hydrogens is 424 g/mol. The fourth-order valence-electron chi connectivity index (χ4n) is 5.92. The van der Waals surface area contributed by atoms with Gasteiger partial charge in [0.2, 0.25) is 0 Å². The third kappa shape index (κ3) is 4.48. The summed E-state index contributed by atoms with van der Waals surface area (Å²) >= 11 is 0. The molecule has 1 aliphatic carbocycles. The lowest BCUT2D eigenvalue weighted by atomic mass is 9.65. The molecule has 4 rings (SSSR count). The Labute approximate surface area is 200 Å². The summed E-state index contributed by atoms with van der Waals surface area (Å²) in [6, 6.07) is 21.6. The van der Waals surface area contributed by atoms with Gasteiger partial charge in [-0.1, -0.05) is 101 Å². The molecule has 2 aliphatic rings. The molecular formula is C29H38O3Si. The minimum atomic E-state index is -2.59. The number of benzene rings is 2. The number of fused-ring (bicyclic) bond motifs is 1. The molecule has 2 aromatic rings. The second-order valence-electron chi connectivity index (χ2n) is 11.1. The van der Waals surface area contributed by atoms with Gasteiger partial charge < -0.3 is 9.16 Å². The molecule has 33 heavy (non-hydrogen) atoms. The first-order valence-electron chi connectivity index (χ1n) is 12.3.